The van der Waals surface area contributed by atoms with Crippen LogP contribution in [0.3, 0.4) is 0 Å². The fourth-order valence-electron chi connectivity index (χ4n) is 1.86. The molecule has 0 aliphatic heterocycles. The first kappa shape index (κ1) is 15.9. The van der Waals surface area contributed by atoms with Gasteiger partial charge >= 0.3 is 0 Å². The molecule has 0 bridgehead atoms. The number of benzene rings is 1. The number of nitrogen functional groups attached to an aromatic ring is 1. The van der Waals surface area contributed by atoms with Crippen LogP contribution in [0.4, 0.5) is 17.6 Å². The number of hydrogen-bond donors (Lipinski definition) is 2. The van der Waals surface area contributed by atoms with Gasteiger partial charge in [-0.05, 0) is 22.6 Å². The molecule has 0 saturated heterocycles. The Balaban J connectivity index is 1.74. The highest BCUT2D eigenvalue weighted by atomic mass is 32.2. The maximum atomic E-state index is 5.77. The third-order valence-electron chi connectivity index (χ3n) is 2.94. The summed E-state index contributed by atoms with van der Waals surface area (Å²) in [4.78, 5) is 12.6. The summed E-state index contributed by atoms with van der Waals surface area (Å²) in [6, 6.07) is 7.43. The van der Waals surface area contributed by atoms with Gasteiger partial charge in [-0.3, -0.25) is 0 Å². The summed E-state index contributed by atoms with van der Waals surface area (Å²) in [7, 11) is 3.37. The van der Waals surface area contributed by atoms with Gasteiger partial charge in [0.2, 0.25) is 17.1 Å². The lowest BCUT2D eigenvalue weighted by atomic mass is 10.3. The molecule has 3 N–H and O–H groups in total. The first-order chi connectivity index (χ1) is 11.6. The second-order valence-corrected chi connectivity index (χ2v) is 5.61. The SMILES string of the molecule is COc1cccc(Nc2nc(N)nc(CSc3nnnn3C)n2)c1. The summed E-state index contributed by atoms with van der Waals surface area (Å²) in [5.41, 5.74) is 6.55. The highest BCUT2D eigenvalue weighted by molar-refractivity contribution is 7.98. The number of anilines is 3. The molecular formula is C13H15N9OS. The van der Waals surface area contributed by atoms with Crippen molar-refractivity contribution in [3.8, 4) is 5.75 Å². The van der Waals surface area contributed by atoms with Crippen LogP contribution in [-0.2, 0) is 12.8 Å². The first-order valence-corrected chi connectivity index (χ1v) is 7.89. The summed E-state index contributed by atoms with van der Waals surface area (Å²) >= 11 is 1.41. The van der Waals surface area contributed by atoms with Crippen molar-refractivity contribution in [2.24, 2.45) is 7.05 Å². The molecule has 0 fully saturated rings. The summed E-state index contributed by atoms with van der Waals surface area (Å²) in [5, 5.41) is 15.0. The van der Waals surface area contributed by atoms with Crippen molar-refractivity contribution in [1.82, 2.24) is 35.2 Å². The summed E-state index contributed by atoms with van der Waals surface area (Å²) in [5.74, 6) is 2.23. The average molecular weight is 345 g/mol. The van der Waals surface area contributed by atoms with Crippen molar-refractivity contribution < 1.29 is 4.74 Å². The molecule has 11 heteroatoms. The average Bonchev–Trinajstić information content (AvgIpc) is 2.98. The molecule has 1 aromatic carbocycles. The lowest BCUT2D eigenvalue weighted by Gasteiger charge is -2.08. The van der Waals surface area contributed by atoms with Gasteiger partial charge in [-0.2, -0.15) is 15.0 Å². The molecule has 0 atom stereocenters. The fourth-order valence-corrected chi connectivity index (χ4v) is 2.57. The number of aromatic nitrogens is 7. The molecule has 2 heterocycles. The Morgan fingerprint density at radius 1 is 1.29 bits per heavy atom. The molecule has 0 aliphatic carbocycles. The van der Waals surface area contributed by atoms with Gasteiger partial charge in [0.25, 0.3) is 0 Å². The van der Waals surface area contributed by atoms with Gasteiger partial charge in [0.15, 0.2) is 0 Å². The van der Waals surface area contributed by atoms with E-state index in [9.17, 15) is 0 Å². The Bertz CT molecular complexity index is 838. The zero-order valence-electron chi connectivity index (χ0n) is 13.0. The highest BCUT2D eigenvalue weighted by Gasteiger charge is 2.09. The molecule has 3 aromatic rings. The summed E-state index contributed by atoms with van der Waals surface area (Å²) in [6.45, 7) is 0. The van der Waals surface area contributed by atoms with Gasteiger partial charge < -0.3 is 15.8 Å². The second kappa shape index (κ2) is 7.08. The van der Waals surface area contributed by atoms with Crippen LogP contribution >= 0.6 is 11.8 Å². The van der Waals surface area contributed by atoms with Gasteiger partial charge in [-0.15, -0.1) is 5.10 Å². The Hall–Kier alpha value is -2.95. The van der Waals surface area contributed by atoms with Crippen LogP contribution in [0.15, 0.2) is 29.4 Å². The fraction of sp³-hybridized carbons (Fsp3) is 0.231. The zero-order chi connectivity index (χ0) is 16.9. The Kier molecular flexibility index (Phi) is 4.70. The molecule has 0 radical (unpaired) electrons. The quantitative estimate of drug-likeness (QED) is 0.624. The largest absolute Gasteiger partial charge is 0.497 e. The van der Waals surface area contributed by atoms with E-state index in [0.717, 1.165) is 11.4 Å². The van der Waals surface area contributed by atoms with Crippen molar-refractivity contribution >= 4 is 29.3 Å². The van der Waals surface area contributed by atoms with Gasteiger partial charge in [0.05, 0.1) is 12.9 Å². The van der Waals surface area contributed by atoms with Gasteiger partial charge in [-0.1, -0.05) is 17.8 Å². The lowest BCUT2D eigenvalue weighted by molar-refractivity contribution is 0.415. The smallest absolute Gasteiger partial charge is 0.232 e. The van der Waals surface area contributed by atoms with Gasteiger partial charge in [0.1, 0.15) is 11.6 Å². The van der Waals surface area contributed by atoms with Crippen LogP contribution < -0.4 is 15.8 Å². The molecule has 0 spiro atoms. The summed E-state index contributed by atoms with van der Waals surface area (Å²) < 4.78 is 6.76. The molecule has 24 heavy (non-hydrogen) atoms. The highest BCUT2D eigenvalue weighted by Crippen LogP contribution is 2.21. The number of aryl methyl sites for hydroxylation is 1. The number of hydrogen-bond acceptors (Lipinski definition) is 10. The van der Waals surface area contributed by atoms with E-state index in [0.29, 0.717) is 22.7 Å². The molecular weight excluding hydrogens is 330 g/mol. The van der Waals surface area contributed by atoms with Crippen LogP contribution in [0, 0.1) is 0 Å². The number of nitrogens with one attached hydrogen (secondary N) is 1. The van der Waals surface area contributed by atoms with Crippen molar-refractivity contribution in [3.05, 3.63) is 30.1 Å². The number of nitrogens with two attached hydrogens (primary N) is 1. The van der Waals surface area contributed by atoms with E-state index >= 15 is 0 Å². The minimum atomic E-state index is 0.141. The molecule has 0 amide bonds. The van der Waals surface area contributed by atoms with Crippen LogP contribution in [0.25, 0.3) is 0 Å². The Morgan fingerprint density at radius 3 is 2.92 bits per heavy atom. The van der Waals surface area contributed by atoms with Crippen molar-refractivity contribution in [3.63, 3.8) is 0 Å². The first-order valence-electron chi connectivity index (χ1n) is 6.90. The van der Waals surface area contributed by atoms with Gasteiger partial charge in [-0.25, -0.2) is 4.68 Å². The molecule has 0 aliphatic rings. The zero-order valence-corrected chi connectivity index (χ0v) is 13.9. The van der Waals surface area contributed by atoms with E-state index in [-0.39, 0.29) is 5.95 Å². The lowest BCUT2D eigenvalue weighted by Crippen LogP contribution is -2.07. The van der Waals surface area contributed by atoms with Crippen molar-refractivity contribution in [1.29, 1.82) is 0 Å². The van der Waals surface area contributed by atoms with Crippen molar-refractivity contribution in [2.75, 3.05) is 18.2 Å². The van der Waals surface area contributed by atoms with Crippen LogP contribution in [0.5, 0.6) is 5.75 Å². The topological polar surface area (TPSA) is 130 Å². The number of thioether (sulfide) groups is 1. The number of nitrogens with zero attached hydrogens (tertiary/aromatic N) is 7. The van der Waals surface area contributed by atoms with E-state index < -0.39 is 0 Å². The van der Waals surface area contributed by atoms with Crippen LogP contribution in [-0.4, -0.2) is 42.3 Å². The predicted molar refractivity (Wildman–Crippen MR) is 88.9 cm³/mol. The van der Waals surface area contributed by atoms with E-state index in [1.54, 1.807) is 18.8 Å². The molecule has 2 aromatic heterocycles. The Morgan fingerprint density at radius 2 is 2.17 bits per heavy atom. The molecule has 124 valence electrons. The Labute approximate surface area is 141 Å². The third-order valence-corrected chi connectivity index (χ3v) is 3.94. The standard InChI is InChI=1S/C13H15N9OS/c1-22-13(19-20-21-22)24-7-10-16-11(14)18-12(17-10)15-8-4-3-5-9(6-8)23-2/h3-6H,7H2,1-2H3,(H3,14,15,16,17,18). The third kappa shape index (κ3) is 3.87. The van der Waals surface area contributed by atoms with Crippen LogP contribution in [0.1, 0.15) is 5.82 Å². The number of tetrazole rings is 1. The van der Waals surface area contributed by atoms with Crippen LogP contribution in [0.2, 0.25) is 0 Å². The molecule has 3 rings (SSSR count). The maximum Gasteiger partial charge on any atom is 0.232 e. The van der Waals surface area contributed by atoms with Crippen molar-refractivity contribution in [2.45, 2.75) is 10.9 Å². The van der Waals surface area contributed by atoms with E-state index in [1.165, 1.54) is 11.8 Å². The number of rotatable bonds is 6. The predicted octanol–water partition coefficient (Wildman–Crippen LogP) is 1.02. The minimum Gasteiger partial charge on any atom is -0.497 e. The van der Waals surface area contributed by atoms with E-state index in [1.807, 2.05) is 24.3 Å². The monoisotopic (exact) mass is 345 g/mol. The molecule has 0 unspecified atom stereocenters. The normalized spacial score (nSPS) is 10.6. The minimum absolute atomic E-state index is 0.141. The van der Waals surface area contributed by atoms with E-state index in [2.05, 4.69) is 35.8 Å². The van der Waals surface area contributed by atoms with Gasteiger partial charge in [0, 0.05) is 18.8 Å². The molecule has 0 saturated carbocycles. The second-order valence-electron chi connectivity index (χ2n) is 4.66. The molecule has 10 nitrogen and oxygen atoms in total. The number of methoxy groups -OCH3 is 1. The summed E-state index contributed by atoms with van der Waals surface area (Å²) in [6.07, 6.45) is 0. The van der Waals surface area contributed by atoms with E-state index in [4.69, 9.17) is 10.5 Å². The number of ether oxygens (including phenoxy) is 1. The maximum absolute atomic E-state index is 5.77.